The van der Waals surface area contributed by atoms with E-state index < -0.39 is 0 Å². The Morgan fingerprint density at radius 1 is 1.38 bits per heavy atom. The largest absolute Gasteiger partial charge is 0.372 e. The van der Waals surface area contributed by atoms with E-state index in [0.717, 1.165) is 42.8 Å². The van der Waals surface area contributed by atoms with Crippen LogP contribution in [0.25, 0.3) is 11.2 Å². The number of ether oxygens (including phenoxy) is 1. The number of nitrogens with one attached hydrogen (secondary N) is 1. The van der Waals surface area contributed by atoms with Crippen LogP contribution in [0.15, 0.2) is 30.9 Å². The van der Waals surface area contributed by atoms with Gasteiger partial charge in [0.2, 0.25) is 5.95 Å². The lowest BCUT2D eigenvalue weighted by molar-refractivity contribution is 0.0313. The quantitative estimate of drug-likeness (QED) is 0.749. The average molecular weight is 325 g/mol. The second-order valence-corrected chi connectivity index (χ2v) is 5.89. The van der Waals surface area contributed by atoms with Crippen LogP contribution in [0.5, 0.6) is 0 Å². The molecule has 0 unspecified atom stereocenters. The predicted molar refractivity (Wildman–Crippen MR) is 90.4 cm³/mol. The molecule has 0 aliphatic carbocycles. The molecule has 3 aromatic rings. The highest BCUT2D eigenvalue weighted by Crippen LogP contribution is 2.26. The lowest BCUT2D eigenvalue weighted by Crippen LogP contribution is -2.40. The lowest BCUT2D eigenvalue weighted by atomic mass is 10.1. The predicted octanol–water partition coefficient (Wildman–Crippen LogP) is 1.52. The number of pyridine rings is 1. The molecule has 3 aromatic heterocycles. The van der Waals surface area contributed by atoms with Crippen LogP contribution in [0.1, 0.15) is 18.4 Å². The van der Waals surface area contributed by atoms with Crippen molar-refractivity contribution >= 4 is 22.9 Å². The van der Waals surface area contributed by atoms with E-state index in [4.69, 9.17) is 10.5 Å². The fourth-order valence-corrected chi connectivity index (χ4v) is 3.03. The number of piperidine rings is 1. The lowest BCUT2D eigenvalue weighted by Gasteiger charge is -2.33. The number of hydrogen-bond donors (Lipinski definition) is 2. The first-order chi connectivity index (χ1) is 11.8. The highest BCUT2D eigenvalue weighted by Gasteiger charge is 2.24. The van der Waals surface area contributed by atoms with E-state index in [-0.39, 0.29) is 12.1 Å². The van der Waals surface area contributed by atoms with Crippen molar-refractivity contribution in [3.8, 4) is 0 Å². The van der Waals surface area contributed by atoms with Gasteiger partial charge < -0.3 is 20.4 Å². The molecule has 4 rings (SSSR count). The molecule has 8 nitrogen and oxygen atoms in total. The number of aromatic amines is 1. The topological polar surface area (TPSA) is 106 Å². The molecule has 1 atom stereocenters. The normalized spacial score (nSPS) is 18.2. The van der Waals surface area contributed by atoms with Gasteiger partial charge in [0.1, 0.15) is 5.52 Å². The number of aromatic nitrogens is 5. The summed E-state index contributed by atoms with van der Waals surface area (Å²) in [6, 6.07) is 3.94. The SMILES string of the molecule is Nc1nc(N2CCC[C@H](OCc3cccnc3)C2)c2[nH]cnc2n1. The molecular formula is C16H19N7O. The molecule has 0 aromatic carbocycles. The minimum atomic E-state index is 0.146. The van der Waals surface area contributed by atoms with E-state index in [9.17, 15) is 0 Å². The van der Waals surface area contributed by atoms with Gasteiger partial charge >= 0.3 is 0 Å². The van der Waals surface area contributed by atoms with E-state index in [2.05, 4.69) is 29.8 Å². The molecule has 0 saturated carbocycles. The second kappa shape index (κ2) is 6.40. The van der Waals surface area contributed by atoms with Crippen LogP contribution in [-0.2, 0) is 11.3 Å². The summed E-state index contributed by atoms with van der Waals surface area (Å²) in [4.78, 5) is 22.1. The average Bonchev–Trinajstić information content (AvgIpc) is 3.08. The van der Waals surface area contributed by atoms with Crippen LogP contribution in [0.4, 0.5) is 11.8 Å². The Labute approximate surface area is 139 Å². The Hall–Kier alpha value is -2.74. The fourth-order valence-electron chi connectivity index (χ4n) is 3.03. The van der Waals surface area contributed by atoms with Crippen molar-refractivity contribution in [1.29, 1.82) is 0 Å². The monoisotopic (exact) mass is 325 g/mol. The summed E-state index contributed by atoms with van der Waals surface area (Å²) in [7, 11) is 0. The highest BCUT2D eigenvalue weighted by molar-refractivity contribution is 5.84. The molecular weight excluding hydrogens is 306 g/mol. The third-order valence-electron chi connectivity index (χ3n) is 4.17. The third-order valence-corrected chi connectivity index (χ3v) is 4.17. The molecule has 24 heavy (non-hydrogen) atoms. The minimum Gasteiger partial charge on any atom is -0.372 e. The van der Waals surface area contributed by atoms with Crippen molar-refractivity contribution in [3.63, 3.8) is 0 Å². The first kappa shape index (κ1) is 14.8. The number of rotatable bonds is 4. The van der Waals surface area contributed by atoms with Gasteiger partial charge in [0, 0.05) is 25.5 Å². The number of nitrogens with zero attached hydrogens (tertiary/aromatic N) is 5. The second-order valence-electron chi connectivity index (χ2n) is 5.89. The first-order valence-corrected chi connectivity index (χ1v) is 8.01. The van der Waals surface area contributed by atoms with Crippen molar-refractivity contribution in [2.75, 3.05) is 23.7 Å². The fraction of sp³-hybridized carbons (Fsp3) is 0.375. The van der Waals surface area contributed by atoms with Crippen LogP contribution < -0.4 is 10.6 Å². The summed E-state index contributed by atoms with van der Waals surface area (Å²) in [5.41, 5.74) is 8.31. The smallest absolute Gasteiger partial charge is 0.224 e. The summed E-state index contributed by atoms with van der Waals surface area (Å²) in [5.74, 6) is 1.03. The summed E-state index contributed by atoms with van der Waals surface area (Å²) in [5, 5.41) is 0. The molecule has 0 radical (unpaired) electrons. The molecule has 3 N–H and O–H groups in total. The zero-order valence-electron chi connectivity index (χ0n) is 13.2. The molecule has 1 aliphatic heterocycles. The van der Waals surface area contributed by atoms with E-state index in [0.29, 0.717) is 12.3 Å². The van der Waals surface area contributed by atoms with Gasteiger partial charge in [0.25, 0.3) is 0 Å². The van der Waals surface area contributed by atoms with Crippen LogP contribution in [0.2, 0.25) is 0 Å². The molecule has 8 heteroatoms. The first-order valence-electron chi connectivity index (χ1n) is 8.01. The van der Waals surface area contributed by atoms with Gasteiger partial charge in [-0.15, -0.1) is 0 Å². The van der Waals surface area contributed by atoms with E-state index in [1.165, 1.54) is 0 Å². The maximum absolute atomic E-state index is 6.06. The van der Waals surface area contributed by atoms with Gasteiger partial charge in [0.15, 0.2) is 11.5 Å². The Bertz CT molecular complexity index is 820. The molecule has 0 amide bonds. The van der Waals surface area contributed by atoms with Gasteiger partial charge in [0.05, 0.1) is 19.0 Å². The van der Waals surface area contributed by atoms with Crippen molar-refractivity contribution in [2.24, 2.45) is 0 Å². The third kappa shape index (κ3) is 3.00. The zero-order valence-corrected chi connectivity index (χ0v) is 13.2. The number of nitrogen functional groups attached to an aromatic ring is 1. The summed E-state index contributed by atoms with van der Waals surface area (Å²) in [6.07, 6.45) is 7.43. The molecule has 124 valence electrons. The summed E-state index contributed by atoms with van der Waals surface area (Å²) in [6.45, 7) is 2.25. The number of nitrogens with two attached hydrogens (primary N) is 1. The van der Waals surface area contributed by atoms with Crippen molar-refractivity contribution < 1.29 is 4.74 Å². The van der Waals surface area contributed by atoms with Crippen molar-refractivity contribution in [2.45, 2.75) is 25.6 Å². The Balaban J connectivity index is 1.49. The standard InChI is InChI=1S/C16H19N7O/c17-16-21-14-13(19-10-20-14)15(22-16)23-6-2-4-12(8-23)24-9-11-3-1-5-18-7-11/h1,3,5,7,10,12H,2,4,6,8-9H2,(H3,17,19,20,21,22)/t12-/m0/s1. The molecule has 4 heterocycles. The highest BCUT2D eigenvalue weighted by atomic mass is 16.5. The van der Waals surface area contributed by atoms with Gasteiger partial charge in [-0.05, 0) is 24.5 Å². The maximum Gasteiger partial charge on any atom is 0.224 e. The van der Waals surface area contributed by atoms with Crippen molar-refractivity contribution in [3.05, 3.63) is 36.4 Å². The van der Waals surface area contributed by atoms with Crippen molar-refractivity contribution in [1.82, 2.24) is 24.9 Å². The Morgan fingerprint density at radius 2 is 2.33 bits per heavy atom. The number of imidazole rings is 1. The summed E-state index contributed by atoms with van der Waals surface area (Å²) >= 11 is 0. The zero-order chi connectivity index (χ0) is 16.4. The van der Waals surface area contributed by atoms with E-state index in [1.54, 1.807) is 12.5 Å². The Kier molecular flexibility index (Phi) is 3.96. The number of H-pyrrole nitrogens is 1. The van der Waals surface area contributed by atoms with E-state index >= 15 is 0 Å². The van der Waals surface area contributed by atoms with Crippen LogP contribution >= 0.6 is 0 Å². The van der Waals surface area contributed by atoms with Crippen LogP contribution in [-0.4, -0.2) is 44.1 Å². The number of hydrogen-bond acceptors (Lipinski definition) is 7. The summed E-state index contributed by atoms with van der Waals surface area (Å²) < 4.78 is 6.06. The van der Waals surface area contributed by atoms with E-state index in [1.807, 2.05) is 18.3 Å². The molecule has 0 bridgehead atoms. The van der Waals surface area contributed by atoms with Gasteiger partial charge in [-0.3, -0.25) is 4.98 Å². The number of fused-ring (bicyclic) bond motifs is 1. The van der Waals surface area contributed by atoms with Crippen LogP contribution in [0.3, 0.4) is 0 Å². The van der Waals surface area contributed by atoms with Gasteiger partial charge in [-0.25, -0.2) is 4.98 Å². The molecule has 1 saturated heterocycles. The molecule has 1 aliphatic rings. The molecule has 1 fully saturated rings. The number of anilines is 2. The Morgan fingerprint density at radius 3 is 3.21 bits per heavy atom. The maximum atomic E-state index is 6.06. The molecule has 0 spiro atoms. The van der Waals surface area contributed by atoms with Crippen LogP contribution in [0, 0.1) is 0 Å². The minimum absolute atomic E-state index is 0.146. The van der Waals surface area contributed by atoms with Gasteiger partial charge in [-0.1, -0.05) is 6.07 Å². The van der Waals surface area contributed by atoms with Gasteiger partial charge in [-0.2, -0.15) is 9.97 Å².